The van der Waals surface area contributed by atoms with Gasteiger partial charge >= 0.3 is 0 Å². The lowest BCUT2D eigenvalue weighted by Crippen LogP contribution is -2.04. The van der Waals surface area contributed by atoms with Gasteiger partial charge in [0, 0.05) is 11.1 Å². The van der Waals surface area contributed by atoms with Gasteiger partial charge in [-0.25, -0.2) is 0 Å². The molecule has 0 bridgehead atoms. The fourth-order valence-corrected chi connectivity index (χ4v) is 4.89. The molecular weight excluding hydrogens is 412 g/mol. The maximum Gasteiger partial charge on any atom is 0.131 e. The molecule has 0 amide bonds. The van der Waals surface area contributed by atoms with Crippen LogP contribution in [0.15, 0.2) is 48.5 Å². The first-order valence-electron chi connectivity index (χ1n) is 13.1. The average Bonchev–Trinajstić information content (AvgIpc) is 2.77. The normalized spacial score (nSPS) is 12.1. The van der Waals surface area contributed by atoms with E-state index in [9.17, 15) is 5.11 Å². The van der Waals surface area contributed by atoms with Crippen molar-refractivity contribution >= 4 is 0 Å². The van der Waals surface area contributed by atoms with Crippen LogP contribution in [0.2, 0.25) is 0 Å². The lowest BCUT2D eigenvalue weighted by molar-refractivity contribution is 0.479. The number of para-hydroxylation sites is 1. The molecule has 0 saturated carbocycles. The molecule has 0 aliphatic carbocycles. The van der Waals surface area contributed by atoms with E-state index in [-0.39, 0.29) is 0 Å². The zero-order valence-corrected chi connectivity index (χ0v) is 23.0. The highest BCUT2D eigenvalue weighted by Crippen LogP contribution is 2.46. The first-order valence-corrected chi connectivity index (χ1v) is 13.1. The van der Waals surface area contributed by atoms with E-state index in [4.69, 9.17) is 0 Å². The minimum Gasteiger partial charge on any atom is -0.507 e. The van der Waals surface area contributed by atoms with Crippen LogP contribution in [0.1, 0.15) is 127 Å². The van der Waals surface area contributed by atoms with Crippen LogP contribution in [0.5, 0.6) is 5.75 Å². The zero-order valence-electron chi connectivity index (χ0n) is 23.0. The Hall–Kier alpha value is -2.54. The van der Waals surface area contributed by atoms with Crippen molar-refractivity contribution in [1.82, 2.24) is 0 Å². The molecule has 3 aromatic rings. The van der Waals surface area contributed by atoms with Crippen LogP contribution in [0.3, 0.4) is 0 Å². The van der Waals surface area contributed by atoms with Crippen molar-refractivity contribution in [3.8, 4) is 28.0 Å². The molecule has 0 saturated heterocycles. The minimum atomic E-state index is 0.366. The van der Waals surface area contributed by atoms with E-state index in [1.165, 1.54) is 33.4 Å². The van der Waals surface area contributed by atoms with E-state index in [0.29, 0.717) is 35.3 Å². The van der Waals surface area contributed by atoms with Crippen LogP contribution in [0.4, 0.5) is 0 Å². The molecule has 0 unspecified atom stereocenters. The van der Waals surface area contributed by atoms with Crippen LogP contribution in [-0.4, -0.2) is 5.11 Å². The summed E-state index contributed by atoms with van der Waals surface area (Å²) >= 11 is 0. The third kappa shape index (κ3) is 5.09. The summed E-state index contributed by atoms with van der Waals surface area (Å²) in [6.07, 6.45) is 0. The molecule has 1 nitrogen and oxygen atoms in total. The van der Waals surface area contributed by atoms with E-state index < -0.39 is 0 Å². The van der Waals surface area contributed by atoms with Gasteiger partial charge in [-0.2, -0.15) is 0 Å². The van der Waals surface area contributed by atoms with Crippen molar-refractivity contribution in [2.45, 2.75) is 98.8 Å². The molecule has 1 heteroatoms. The topological polar surface area (TPSA) is 20.2 Å². The lowest BCUT2D eigenvalue weighted by atomic mass is 9.80. The maximum absolute atomic E-state index is 11.8. The molecule has 3 aromatic carbocycles. The smallest absolute Gasteiger partial charge is 0.131 e. The molecule has 0 fully saturated rings. The number of hydrogen-bond donors (Lipinski definition) is 1. The Balaban J connectivity index is 2.33. The fraction of sp³-hybridized carbons (Fsp3) is 0.455. The fourth-order valence-electron chi connectivity index (χ4n) is 4.89. The number of hydrogen-bond acceptors (Lipinski definition) is 1. The van der Waals surface area contributed by atoms with Crippen LogP contribution < -0.4 is 0 Å². The van der Waals surface area contributed by atoms with E-state index in [1.807, 2.05) is 0 Å². The molecular formula is C33H44O. The molecule has 0 atom stereocenters. The summed E-state index contributed by atoms with van der Waals surface area (Å²) in [6.45, 7) is 22.5. The Morgan fingerprint density at radius 1 is 0.471 bits per heavy atom. The van der Waals surface area contributed by atoms with Gasteiger partial charge in [0.1, 0.15) is 5.75 Å². The number of phenolic OH excluding ortho intramolecular Hbond substituents is 1. The number of rotatable bonds is 7. The Bertz CT molecular complexity index is 1120. The predicted molar refractivity (Wildman–Crippen MR) is 149 cm³/mol. The van der Waals surface area contributed by atoms with Gasteiger partial charge in [0.2, 0.25) is 0 Å². The van der Waals surface area contributed by atoms with Crippen LogP contribution in [-0.2, 0) is 0 Å². The molecule has 0 aliphatic rings. The van der Waals surface area contributed by atoms with Gasteiger partial charge in [-0.15, -0.1) is 0 Å². The highest BCUT2D eigenvalue weighted by Gasteiger charge is 2.23. The quantitative estimate of drug-likeness (QED) is 0.375. The molecule has 0 spiro atoms. The summed E-state index contributed by atoms with van der Waals surface area (Å²) in [5.41, 5.74) is 10.9. The Morgan fingerprint density at radius 3 is 1.41 bits per heavy atom. The second kappa shape index (κ2) is 10.4. The second-order valence-corrected chi connectivity index (χ2v) is 11.4. The van der Waals surface area contributed by atoms with E-state index in [1.54, 1.807) is 0 Å². The van der Waals surface area contributed by atoms with Gasteiger partial charge in [0.05, 0.1) is 0 Å². The van der Waals surface area contributed by atoms with Crippen LogP contribution in [0, 0.1) is 0 Å². The van der Waals surface area contributed by atoms with Gasteiger partial charge in [-0.05, 0) is 68.5 Å². The predicted octanol–water partition coefficient (Wildman–Crippen LogP) is 10.3. The SMILES string of the molecule is CC(C)c1ccc(-c2cccc(-c3c(C(C)C)cc(C(C)C)cc3C(C)C)c2O)c(C(C)C)c1. The van der Waals surface area contributed by atoms with Crippen molar-refractivity contribution in [1.29, 1.82) is 0 Å². The zero-order chi connectivity index (χ0) is 25.3. The average molecular weight is 457 g/mol. The van der Waals surface area contributed by atoms with Gasteiger partial charge in [0.15, 0.2) is 0 Å². The molecule has 0 aliphatic heterocycles. The third-order valence-electron chi connectivity index (χ3n) is 7.09. The molecule has 3 rings (SSSR count). The molecule has 0 heterocycles. The molecule has 34 heavy (non-hydrogen) atoms. The standard InChI is InChI=1S/C33H44O/c1-19(2)24-14-15-26(29(16-24)21(5)6)27-12-11-13-28(33(27)34)32-30(22(7)8)17-25(20(3)4)18-31(32)23(9)10/h11-23,34H,1-10H3. The van der Waals surface area contributed by atoms with Crippen molar-refractivity contribution in [3.63, 3.8) is 0 Å². The highest BCUT2D eigenvalue weighted by atomic mass is 16.3. The minimum absolute atomic E-state index is 0.366. The lowest BCUT2D eigenvalue weighted by Gasteiger charge is -2.25. The second-order valence-electron chi connectivity index (χ2n) is 11.4. The Morgan fingerprint density at radius 2 is 0.941 bits per heavy atom. The van der Waals surface area contributed by atoms with Gasteiger partial charge in [-0.3, -0.25) is 0 Å². The first kappa shape index (κ1) is 26.1. The van der Waals surface area contributed by atoms with Gasteiger partial charge in [-0.1, -0.05) is 118 Å². The van der Waals surface area contributed by atoms with Crippen molar-refractivity contribution < 1.29 is 5.11 Å². The monoisotopic (exact) mass is 456 g/mol. The van der Waals surface area contributed by atoms with Crippen LogP contribution >= 0.6 is 0 Å². The third-order valence-corrected chi connectivity index (χ3v) is 7.09. The van der Waals surface area contributed by atoms with E-state index >= 15 is 0 Å². The van der Waals surface area contributed by atoms with E-state index in [0.717, 1.165) is 16.7 Å². The largest absolute Gasteiger partial charge is 0.507 e. The molecule has 0 aromatic heterocycles. The van der Waals surface area contributed by atoms with E-state index in [2.05, 4.69) is 118 Å². The number of phenols is 1. The maximum atomic E-state index is 11.8. The molecule has 0 radical (unpaired) electrons. The summed E-state index contributed by atoms with van der Waals surface area (Å²) in [5, 5.41) is 11.8. The molecule has 1 N–H and O–H groups in total. The van der Waals surface area contributed by atoms with Crippen molar-refractivity contribution in [2.24, 2.45) is 0 Å². The molecule has 182 valence electrons. The Kier molecular flexibility index (Phi) is 7.96. The Labute approximate surface area is 208 Å². The summed E-state index contributed by atoms with van der Waals surface area (Å²) < 4.78 is 0. The van der Waals surface area contributed by atoms with Crippen molar-refractivity contribution in [3.05, 3.63) is 76.3 Å². The van der Waals surface area contributed by atoms with Gasteiger partial charge in [0.25, 0.3) is 0 Å². The first-order chi connectivity index (χ1) is 15.9. The van der Waals surface area contributed by atoms with Crippen molar-refractivity contribution in [2.75, 3.05) is 0 Å². The summed E-state index contributed by atoms with van der Waals surface area (Å²) in [7, 11) is 0. The summed E-state index contributed by atoms with van der Waals surface area (Å²) in [4.78, 5) is 0. The summed E-state index contributed by atoms with van der Waals surface area (Å²) in [6, 6.07) is 17.7. The summed E-state index contributed by atoms with van der Waals surface area (Å²) in [5.74, 6) is 2.45. The van der Waals surface area contributed by atoms with Gasteiger partial charge < -0.3 is 5.11 Å². The highest BCUT2D eigenvalue weighted by molar-refractivity contribution is 5.86. The number of aromatic hydroxyl groups is 1. The number of benzene rings is 3. The van der Waals surface area contributed by atoms with Crippen LogP contribution in [0.25, 0.3) is 22.3 Å².